The number of sulfone groups is 1. The number of benzene rings is 2. The number of hydrogen-bond donors (Lipinski definition) is 3. The molecule has 0 radical (unpaired) electrons. The molecule has 0 spiro atoms. The van der Waals surface area contributed by atoms with E-state index < -0.39 is 47.3 Å². The monoisotopic (exact) mass is 688 g/mol. The van der Waals surface area contributed by atoms with Crippen molar-refractivity contribution in [3.05, 3.63) is 75.5 Å². The van der Waals surface area contributed by atoms with Crippen LogP contribution in [-0.4, -0.2) is 66.8 Å². The van der Waals surface area contributed by atoms with Crippen molar-refractivity contribution < 1.29 is 26.9 Å². The number of rotatable bonds is 11. The van der Waals surface area contributed by atoms with Crippen LogP contribution in [0.1, 0.15) is 37.9 Å². The fourth-order valence-electron chi connectivity index (χ4n) is 5.33. The van der Waals surface area contributed by atoms with E-state index in [0.717, 1.165) is 48.5 Å². The zero-order valence-electron chi connectivity index (χ0n) is 26.3. The molecule has 4 aromatic rings. The molecule has 5 rings (SSSR count). The number of aromatic amines is 1. The Morgan fingerprint density at radius 3 is 2.47 bits per heavy atom. The van der Waals surface area contributed by atoms with Crippen molar-refractivity contribution >= 4 is 44.7 Å². The second kappa shape index (κ2) is 13.4. The van der Waals surface area contributed by atoms with E-state index in [1.165, 1.54) is 39.2 Å². The van der Waals surface area contributed by atoms with E-state index in [-0.39, 0.29) is 10.1 Å². The number of H-pyrrole nitrogens is 1. The number of piperidine rings is 1. The molecule has 2 aromatic heterocycles. The number of ether oxygens (including phenoxy) is 1. The fourth-order valence-corrected chi connectivity index (χ4v) is 7.63. The molecule has 3 N–H and O–H groups in total. The van der Waals surface area contributed by atoms with Crippen molar-refractivity contribution in [1.82, 2.24) is 25.5 Å². The number of halogens is 2. The molecule has 47 heavy (non-hydrogen) atoms. The maximum Gasteiger partial charge on any atom is 0.305 e. The van der Waals surface area contributed by atoms with Gasteiger partial charge in [0, 0.05) is 42.5 Å². The van der Waals surface area contributed by atoms with Gasteiger partial charge in [-0.3, -0.25) is 15.2 Å². The molecule has 1 fully saturated rings. The molecule has 1 saturated heterocycles. The smallest absolute Gasteiger partial charge is 0.305 e. The lowest BCUT2D eigenvalue weighted by Gasteiger charge is -2.33. The van der Waals surface area contributed by atoms with Crippen molar-refractivity contribution in [2.75, 3.05) is 37.5 Å². The van der Waals surface area contributed by atoms with Crippen LogP contribution < -0.4 is 20.3 Å². The van der Waals surface area contributed by atoms with E-state index in [1.54, 1.807) is 6.07 Å². The highest BCUT2D eigenvalue weighted by atomic mass is 32.2. The predicted molar refractivity (Wildman–Crippen MR) is 173 cm³/mol. The molecule has 0 unspecified atom stereocenters. The van der Waals surface area contributed by atoms with E-state index in [4.69, 9.17) is 9.72 Å². The molecule has 1 aliphatic heterocycles. The molecule has 250 valence electrons. The summed E-state index contributed by atoms with van der Waals surface area (Å²) in [6.07, 6.45) is 1.74. The summed E-state index contributed by atoms with van der Waals surface area (Å²) < 4.78 is 61.9. The maximum absolute atomic E-state index is 15.7. The Labute approximate surface area is 274 Å². The normalized spacial score (nSPS) is 14.3. The summed E-state index contributed by atoms with van der Waals surface area (Å²) in [4.78, 5) is 21.3. The zero-order valence-corrected chi connectivity index (χ0v) is 27.9. The summed E-state index contributed by atoms with van der Waals surface area (Å²) in [6, 6.07) is 8.78. The number of methoxy groups -OCH3 is 1. The molecule has 0 saturated carbocycles. The van der Waals surface area contributed by atoms with Gasteiger partial charge in [0.1, 0.15) is 5.82 Å². The van der Waals surface area contributed by atoms with Crippen LogP contribution >= 0.6 is 11.8 Å². The van der Waals surface area contributed by atoms with Gasteiger partial charge in [-0.2, -0.15) is 9.49 Å². The van der Waals surface area contributed by atoms with Crippen molar-refractivity contribution in [3.63, 3.8) is 0 Å². The van der Waals surface area contributed by atoms with Gasteiger partial charge in [-0.1, -0.05) is 12.1 Å². The quantitative estimate of drug-likeness (QED) is 0.103. The molecular formula is C30H34F2N8O5S2. The zero-order chi connectivity index (χ0) is 34.1. The van der Waals surface area contributed by atoms with Crippen molar-refractivity contribution in [2.45, 2.75) is 59.3 Å². The molecular weight excluding hydrogens is 655 g/mol. The van der Waals surface area contributed by atoms with Gasteiger partial charge in [-0.15, -0.1) is 0 Å². The van der Waals surface area contributed by atoms with Gasteiger partial charge in [0.2, 0.25) is 11.6 Å². The van der Waals surface area contributed by atoms with E-state index in [9.17, 15) is 18.5 Å². The first-order valence-corrected chi connectivity index (χ1v) is 16.9. The lowest BCUT2D eigenvalue weighted by atomic mass is 10.0. The predicted octanol–water partition coefficient (Wildman–Crippen LogP) is 5.50. The second-order valence-corrected chi connectivity index (χ2v) is 14.9. The van der Waals surface area contributed by atoms with Crippen LogP contribution in [0.2, 0.25) is 0 Å². The lowest BCUT2D eigenvalue weighted by molar-refractivity contribution is -0.387. The average Bonchev–Trinajstić information content (AvgIpc) is 3.45. The average molecular weight is 689 g/mol. The number of nitro benzene ring substituents is 1. The molecule has 0 amide bonds. The Hall–Kier alpha value is -4.35. The molecule has 13 nitrogen and oxygen atoms in total. The highest BCUT2D eigenvalue weighted by Crippen LogP contribution is 2.42. The number of aryl methyl sites for hydroxylation is 1. The first-order chi connectivity index (χ1) is 22.3. The third-order valence-electron chi connectivity index (χ3n) is 8.10. The molecule has 17 heteroatoms. The molecule has 0 bridgehead atoms. The van der Waals surface area contributed by atoms with Gasteiger partial charge >= 0.3 is 5.69 Å². The van der Waals surface area contributed by atoms with E-state index in [2.05, 4.69) is 30.7 Å². The Kier molecular flexibility index (Phi) is 9.70. The largest absolute Gasteiger partial charge is 0.490 e. The van der Waals surface area contributed by atoms with Crippen molar-refractivity contribution in [1.29, 1.82) is 0 Å². The first-order valence-electron chi connectivity index (χ1n) is 14.6. The summed E-state index contributed by atoms with van der Waals surface area (Å²) in [7, 11) is -1.00. The van der Waals surface area contributed by atoms with E-state index in [0.29, 0.717) is 42.3 Å². The van der Waals surface area contributed by atoms with Crippen LogP contribution in [0.5, 0.6) is 5.75 Å². The Morgan fingerprint density at radius 2 is 1.87 bits per heavy atom. The van der Waals surface area contributed by atoms with E-state index in [1.807, 2.05) is 14.0 Å². The van der Waals surface area contributed by atoms with Crippen LogP contribution in [0.15, 0.2) is 57.4 Å². The van der Waals surface area contributed by atoms with Crippen LogP contribution in [0, 0.1) is 28.7 Å². The van der Waals surface area contributed by atoms with Gasteiger partial charge in [0.05, 0.1) is 26.6 Å². The summed E-state index contributed by atoms with van der Waals surface area (Å²) in [5.41, 5.74) is -0.446. The molecule has 3 heterocycles. The highest BCUT2D eigenvalue weighted by molar-refractivity contribution is 7.99. The second-order valence-electron chi connectivity index (χ2n) is 11.4. The molecule has 1 aliphatic rings. The SMILES string of the molecule is CNC1CCN(c2nc(Sc3ccc(S(=O)(=O)C(C)(C)c4cccc([N+](=O)[O-])c4F)cc3F)nc(Nc3cc(C)[nH]n3)c2OC)CC1. The summed E-state index contributed by atoms with van der Waals surface area (Å²) in [5, 5.41) is 25.0. The number of aromatic nitrogens is 4. The van der Waals surface area contributed by atoms with Crippen LogP contribution in [0.4, 0.5) is 31.9 Å². The fraction of sp³-hybridized carbons (Fsp3) is 0.367. The molecule has 0 atom stereocenters. The Balaban J connectivity index is 1.50. The van der Waals surface area contributed by atoms with Crippen LogP contribution in [-0.2, 0) is 14.6 Å². The minimum Gasteiger partial charge on any atom is -0.490 e. The Bertz CT molecular complexity index is 1910. The number of nitrogens with one attached hydrogen (secondary N) is 3. The van der Waals surface area contributed by atoms with Gasteiger partial charge in [0.25, 0.3) is 0 Å². The minimum absolute atomic E-state index is 0.0369. The first kappa shape index (κ1) is 34.0. The molecule has 0 aliphatic carbocycles. The lowest BCUT2D eigenvalue weighted by Crippen LogP contribution is -2.41. The topological polar surface area (TPSA) is 168 Å². The number of hydrogen-bond acceptors (Lipinski definition) is 12. The standard InChI is InChI=1S/C30H34F2N8O5S2/c1-17-15-24(38-37-17)34-27-26(45-5)28(39-13-11-18(33-4)12-14-39)36-29(35-27)46-23-10-9-19(16-21(23)31)47(43,44)30(2,3)20-7-6-8-22(25(20)32)40(41)42/h6-10,15-16,18,33H,11-14H2,1-5H3,(H2,34,35,36,37,38). The van der Waals surface area contributed by atoms with Crippen LogP contribution in [0.3, 0.4) is 0 Å². The van der Waals surface area contributed by atoms with Gasteiger partial charge in [0.15, 0.2) is 32.4 Å². The Morgan fingerprint density at radius 1 is 1.15 bits per heavy atom. The highest BCUT2D eigenvalue weighted by Gasteiger charge is 2.41. The van der Waals surface area contributed by atoms with Crippen molar-refractivity contribution in [3.8, 4) is 5.75 Å². The number of nitrogens with zero attached hydrogens (tertiary/aromatic N) is 5. The van der Waals surface area contributed by atoms with Gasteiger partial charge in [-0.05, 0) is 70.6 Å². The third-order valence-corrected chi connectivity index (χ3v) is 11.5. The maximum atomic E-state index is 15.7. The summed E-state index contributed by atoms with van der Waals surface area (Å²) >= 11 is 0.888. The van der Waals surface area contributed by atoms with Gasteiger partial charge < -0.3 is 20.3 Å². The van der Waals surface area contributed by atoms with Crippen molar-refractivity contribution in [2.24, 2.45) is 0 Å². The third kappa shape index (κ3) is 6.73. The number of anilines is 3. The minimum atomic E-state index is -4.44. The van der Waals surface area contributed by atoms with Gasteiger partial charge in [-0.25, -0.2) is 22.8 Å². The number of nitro groups is 1. The molecule has 2 aromatic carbocycles. The van der Waals surface area contributed by atoms with E-state index >= 15 is 8.78 Å². The van der Waals surface area contributed by atoms with Crippen LogP contribution in [0.25, 0.3) is 0 Å². The summed E-state index contributed by atoms with van der Waals surface area (Å²) in [6.45, 7) is 5.65. The summed E-state index contributed by atoms with van der Waals surface area (Å²) in [5.74, 6) is -0.457.